The Bertz CT molecular complexity index is 839. The highest BCUT2D eigenvalue weighted by Gasteiger charge is 2.27. The number of carbonyl (C=O) groups is 3. The summed E-state index contributed by atoms with van der Waals surface area (Å²) in [6, 6.07) is 11.7. The number of carbonyl (C=O) groups excluding carboxylic acids is 3. The van der Waals surface area contributed by atoms with Crippen LogP contribution in [-0.4, -0.2) is 42.5 Å². The number of para-hydroxylation sites is 1. The second kappa shape index (κ2) is 7.64. The second-order valence-electron chi connectivity index (χ2n) is 5.53. The smallest absolute Gasteiger partial charge is 0.340 e. The number of urea groups is 1. The van der Waals surface area contributed by atoms with Crippen molar-refractivity contribution in [2.45, 2.75) is 0 Å². The van der Waals surface area contributed by atoms with Crippen molar-refractivity contribution in [3.8, 4) is 0 Å². The standard InChI is InChI=1S/C18H16FN3O4/c19-12-5-7-13(8-6-12)21-15-4-2-1-3-14(15)17(24)26-11-16(23)22-10-9-20-18(22)25/h1-8,21H,9-11H2,(H,20,25). The molecule has 3 rings (SSSR count). The fraction of sp³-hybridized carbons (Fsp3) is 0.167. The third-order valence-corrected chi connectivity index (χ3v) is 3.75. The quantitative estimate of drug-likeness (QED) is 0.802. The summed E-state index contributed by atoms with van der Waals surface area (Å²) in [6.07, 6.45) is 0. The Balaban J connectivity index is 1.66. The first kappa shape index (κ1) is 17.4. The van der Waals surface area contributed by atoms with Gasteiger partial charge in [-0.15, -0.1) is 0 Å². The average molecular weight is 357 g/mol. The summed E-state index contributed by atoms with van der Waals surface area (Å²) in [7, 11) is 0. The molecule has 8 heteroatoms. The molecule has 1 saturated heterocycles. The average Bonchev–Trinajstić information content (AvgIpc) is 3.08. The Morgan fingerprint density at radius 2 is 1.88 bits per heavy atom. The first-order chi connectivity index (χ1) is 12.5. The van der Waals surface area contributed by atoms with Gasteiger partial charge in [-0.1, -0.05) is 12.1 Å². The van der Waals surface area contributed by atoms with Crippen LogP contribution >= 0.6 is 0 Å². The summed E-state index contributed by atoms with van der Waals surface area (Å²) in [5, 5.41) is 5.50. The molecule has 1 heterocycles. The lowest BCUT2D eigenvalue weighted by Gasteiger charge is -2.14. The van der Waals surface area contributed by atoms with Crippen LogP contribution in [0.5, 0.6) is 0 Å². The van der Waals surface area contributed by atoms with Crippen molar-refractivity contribution in [3.63, 3.8) is 0 Å². The number of hydrogen-bond acceptors (Lipinski definition) is 5. The Morgan fingerprint density at radius 3 is 2.58 bits per heavy atom. The van der Waals surface area contributed by atoms with Crippen molar-refractivity contribution in [2.75, 3.05) is 25.0 Å². The van der Waals surface area contributed by atoms with Gasteiger partial charge >= 0.3 is 12.0 Å². The second-order valence-corrected chi connectivity index (χ2v) is 5.53. The first-order valence-corrected chi connectivity index (χ1v) is 7.91. The number of esters is 1. The number of ether oxygens (including phenoxy) is 1. The molecule has 0 saturated carbocycles. The fourth-order valence-electron chi connectivity index (χ4n) is 2.45. The van der Waals surface area contributed by atoms with Crippen LogP contribution < -0.4 is 10.6 Å². The molecule has 0 atom stereocenters. The number of rotatable bonds is 5. The Hall–Kier alpha value is -3.42. The normalized spacial score (nSPS) is 13.3. The van der Waals surface area contributed by atoms with Crippen LogP contribution in [-0.2, 0) is 9.53 Å². The van der Waals surface area contributed by atoms with Crippen molar-refractivity contribution < 1.29 is 23.5 Å². The van der Waals surface area contributed by atoms with E-state index in [0.717, 1.165) is 4.90 Å². The number of amides is 3. The Labute approximate surface area is 148 Å². The van der Waals surface area contributed by atoms with Gasteiger partial charge in [0, 0.05) is 18.8 Å². The van der Waals surface area contributed by atoms with Gasteiger partial charge in [0.2, 0.25) is 0 Å². The highest BCUT2D eigenvalue weighted by molar-refractivity contribution is 6.00. The number of nitrogens with zero attached hydrogens (tertiary/aromatic N) is 1. The molecule has 0 radical (unpaired) electrons. The van der Waals surface area contributed by atoms with E-state index in [4.69, 9.17) is 4.74 Å². The van der Waals surface area contributed by atoms with Gasteiger partial charge in [0.25, 0.3) is 5.91 Å². The molecule has 0 aliphatic carbocycles. The summed E-state index contributed by atoms with van der Waals surface area (Å²) in [5.74, 6) is -1.66. The van der Waals surface area contributed by atoms with Crippen LogP contribution in [0.1, 0.15) is 10.4 Å². The van der Waals surface area contributed by atoms with Gasteiger partial charge in [-0.25, -0.2) is 14.0 Å². The zero-order chi connectivity index (χ0) is 18.5. The molecule has 3 amide bonds. The van der Waals surface area contributed by atoms with Gasteiger partial charge < -0.3 is 15.4 Å². The van der Waals surface area contributed by atoms with Gasteiger partial charge in [0.15, 0.2) is 6.61 Å². The van der Waals surface area contributed by atoms with Crippen LogP contribution in [0.2, 0.25) is 0 Å². The SMILES string of the molecule is O=C(OCC(=O)N1CCNC1=O)c1ccccc1Nc1ccc(F)cc1. The van der Waals surface area contributed by atoms with E-state index in [1.165, 1.54) is 24.3 Å². The molecular formula is C18H16FN3O4. The molecule has 0 spiro atoms. The van der Waals surface area contributed by atoms with Crippen molar-refractivity contribution in [1.82, 2.24) is 10.2 Å². The zero-order valence-corrected chi connectivity index (χ0v) is 13.7. The highest BCUT2D eigenvalue weighted by Crippen LogP contribution is 2.22. The van der Waals surface area contributed by atoms with Crippen molar-refractivity contribution in [3.05, 3.63) is 59.9 Å². The number of nitrogens with one attached hydrogen (secondary N) is 2. The van der Waals surface area contributed by atoms with Crippen molar-refractivity contribution in [2.24, 2.45) is 0 Å². The van der Waals surface area contributed by atoms with Crippen LogP contribution in [0.3, 0.4) is 0 Å². The molecule has 2 N–H and O–H groups in total. The van der Waals surface area contributed by atoms with Crippen LogP contribution in [0.25, 0.3) is 0 Å². The minimum Gasteiger partial charge on any atom is -0.452 e. The lowest BCUT2D eigenvalue weighted by Crippen LogP contribution is -2.37. The molecule has 0 unspecified atom stereocenters. The molecule has 0 aromatic heterocycles. The van der Waals surface area contributed by atoms with E-state index in [1.807, 2.05) is 0 Å². The lowest BCUT2D eigenvalue weighted by molar-refractivity contribution is -0.130. The molecule has 0 bridgehead atoms. The molecule has 1 aliphatic rings. The summed E-state index contributed by atoms with van der Waals surface area (Å²) in [6.45, 7) is 0.0952. The topological polar surface area (TPSA) is 87.7 Å². The Morgan fingerprint density at radius 1 is 1.15 bits per heavy atom. The number of hydrogen-bond donors (Lipinski definition) is 2. The van der Waals surface area contributed by atoms with E-state index in [0.29, 0.717) is 17.9 Å². The maximum atomic E-state index is 13.0. The molecule has 134 valence electrons. The van der Waals surface area contributed by atoms with Crippen LogP contribution in [0.4, 0.5) is 20.6 Å². The predicted octanol–water partition coefficient (Wildman–Crippen LogP) is 2.28. The molecule has 1 aliphatic heterocycles. The summed E-state index contributed by atoms with van der Waals surface area (Å²) in [5.41, 5.74) is 1.27. The summed E-state index contributed by atoms with van der Waals surface area (Å²) >= 11 is 0. The van der Waals surface area contributed by atoms with Gasteiger partial charge in [-0.05, 0) is 36.4 Å². The highest BCUT2D eigenvalue weighted by atomic mass is 19.1. The van der Waals surface area contributed by atoms with Crippen molar-refractivity contribution >= 4 is 29.3 Å². The maximum Gasteiger partial charge on any atom is 0.340 e. The summed E-state index contributed by atoms with van der Waals surface area (Å²) in [4.78, 5) is 36.7. The van der Waals surface area contributed by atoms with E-state index in [-0.39, 0.29) is 17.9 Å². The third-order valence-electron chi connectivity index (χ3n) is 3.75. The molecular weight excluding hydrogens is 341 g/mol. The van der Waals surface area contributed by atoms with Gasteiger partial charge in [0.05, 0.1) is 11.3 Å². The fourth-order valence-corrected chi connectivity index (χ4v) is 2.45. The molecule has 2 aromatic carbocycles. The number of anilines is 2. The summed E-state index contributed by atoms with van der Waals surface area (Å²) < 4.78 is 18.0. The minimum atomic E-state index is -0.705. The van der Waals surface area contributed by atoms with Gasteiger partial charge in [0.1, 0.15) is 5.82 Å². The van der Waals surface area contributed by atoms with Crippen molar-refractivity contribution in [1.29, 1.82) is 0 Å². The predicted molar refractivity (Wildman–Crippen MR) is 91.5 cm³/mol. The van der Waals surface area contributed by atoms with E-state index >= 15 is 0 Å². The molecule has 26 heavy (non-hydrogen) atoms. The van der Waals surface area contributed by atoms with E-state index in [9.17, 15) is 18.8 Å². The van der Waals surface area contributed by atoms with E-state index in [2.05, 4.69) is 10.6 Å². The third kappa shape index (κ3) is 3.97. The lowest BCUT2D eigenvalue weighted by atomic mass is 10.1. The van der Waals surface area contributed by atoms with E-state index in [1.54, 1.807) is 24.3 Å². The van der Waals surface area contributed by atoms with Gasteiger partial charge in [-0.2, -0.15) is 0 Å². The molecule has 2 aromatic rings. The Kier molecular flexibility index (Phi) is 5.12. The van der Waals surface area contributed by atoms with E-state index < -0.39 is 24.5 Å². The van der Waals surface area contributed by atoms with Gasteiger partial charge in [-0.3, -0.25) is 9.69 Å². The zero-order valence-electron chi connectivity index (χ0n) is 13.7. The molecule has 7 nitrogen and oxygen atoms in total. The monoisotopic (exact) mass is 357 g/mol. The molecule has 1 fully saturated rings. The minimum absolute atomic E-state index is 0.218. The maximum absolute atomic E-state index is 13.0. The largest absolute Gasteiger partial charge is 0.452 e. The number of halogens is 1. The first-order valence-electron chi connectivity index (χ1n) is 7.91. The number of imide groups is 1. The van der Waals surface area contributed by atoms with Crippen LogP contribution in [0, 0.1) is 5.82 Å². The van der Waals surface area contributed by atoms with Crippen LogP contribution in [0.15, 0.2) is 48.5 Å². The number of benzene rings is 2.